The van der Waals surface area contributed by atoms with Gasteiger partial charge in [-0.05, 0) is 25.0 Å². The van der Waals surface area contributed by atoms with Gasteiger partial charge >= 0.3 is 0 Å². The van der Waals surface area contributed by atoms with Crippen LogP contribution in [0, 0.1) is 17.8 Å². The Kier molecular flexibility index (Phi) is 3.37. The molecule has 1 aromatic rings. The Morgan fingerprint density at radius 1 is 1.56 bits per heavy atom. The fraction of sp³-hybridized carbons (Fsp3) is 0.417. The Morgan fingerprint density at radius 2 is 2.44 bits per heavy atom. The second-order valence-corrected chi connectivity index (χ2v) is 3.76. The van der Waals surface area contributed by atoms with Crippen molar-refractivity contribution in [3.8, 4) is 6.07 Å². The first-order chi connectivity index (χ1) is 7.83. The molecule has 1 unspecified atom stereocenters. The van der Waals surface area contributed by atoms with Crippen LogP contribution in [0.15, 0.2) is 18.3 Å². The van der Waals surface area contributed by atoms with Crippen molar-refractivity contribution in [2.24, 2.45) is 0 Å². The highest BCUT2D eigenvalue weighted by Gasteiger charge is 2.20. The minimum absolute atomic E-state index is 0.172. The van der Waals surface area contributed by atoms with Gasteiger partial charge in [0.2, 0.25) is 0 Å². The number of anilines is 1. The lowest BCUT2D eigenvalue weighted by molar-refractivity contribution is 0.123. The van der Waals surface area contributed by atoms with Gasteiger partial charge in [-0.3, -0.25) is 0 Å². The van der Waals surface area contributed by atoms with Gasteiger partial charge in [-0.1, -0.05) is 0 Å². The highest BCUT2D eigenvalue weighted by molar-refractivity contribution is 5.42. The maximum absolute atomic E-state index is 8.69. The summed E-state index contributed by atoms with van der Waals surface area (Å²) in [6.45, 7) is 1.79. The van der Waals surface area contributed by atoms with Crippen LogP contribution in [-0.4, -0.2) is 31.3 Å². The van der Waals surface area contributed by atoms with E-state index in [-0.39, 0.29) is 6.10 Å². The maximum atomic E-state index is 8.69. The molecule has 0 saturated carbocycles. The molecule has 0 spiro atoms. The molecular formula is C12H14N3O. The highest BCUT2D eigenvalue weighted by atomic mass is 16.5. The molecule has 2 rings (SSSR count). The quantitative estimate of drug-likeness (QED) is 0.749. The van der Waals surface area contributed by atoms with Crippen LogP contribution in [0.3, 0.4) is 0 Å². The molecule has 0 amide bonds. The van der Waals surface area contributed by atoms with E-state index in [0.717, 1.165) is 25.3 Å². The molecule has 1 saturated heterocycles. The SMILES string of the molecule is COC1[CH]CCN(c2ccc(C#N)cn2)C1. The van der Waals surface area contributed by atoms with E-state index in [0.29, 0.717) is 5.56 Å². The summed E-state index contributed by atoms with van der Waals surface area (Å²) in [7, 11) is 1.72. The summed E-state index contributed by atoms with van der Waals surface area (Å²) in [4.78, 5) is 6.45. The van der Waals surface area contributed by atoms with Crippen LogP contribution in [0.2, 0.25) is 0 Å². The average Bonchev–Trinajstić information content (AvgIpc) is 2.39. The van der Waals surface area contributed by atoms with Crippen LogP contribution in [-0.2, 0) is 4.74 Å². The Labute approximate surface area is 95.5 Å². The first kappa shape index (κ1) is 10.9. The molecule has 2 heterocycles. The molecule has 1 radical (unpaired) electrons. The zero-order valence-electron chi connectivity index (χ0n) is 9.26. The predicted molar refractivity (Wildman–Crippen MR) is 60.9 cm³/mol. The third-order valence-electron chi connectivity index (χ3n) is 2.73. The van der Waals surface area contributed by atoms with E-state index in [2.05, 4.69) is 22.4 Å². The van der Waals surface area contributed by atoms with Crippen molar-refractivity contribution >= 4 is 5.82 Å². The molecule has 1 atom stereocenters. The topological polar surface area (TPSA) is 49.1 Å². The average molecular weight is 216 g/mol. The van der Waals surface area contributed by atoms with Crippen LogP contribution in [0.5, 0.6) is 0 Å². The van der Waals surface area contributed by atoms with Crippen molar-refractivity contribution in [3.05, 3.63) is 30.3 Å². The molecule has 16 heavy (non-hydrogen) atoms. The Bertz CT molecular complexity index is 382. The van der Waals surface area contributed by atoms with Crippen LogP contribution in [0.4, 0.5) is 5.82 Å². The number of pyridine rings is 1. The highest BCUT2D eigenvalue weighted by Crippen LogP contribution is 2.18. The van der Waals surface area contributed by atoms with Crippen LogP contribution in [0.1, 0.15) is 12.0 Å². The number of nitriles is 1. The number of hydrogen-bond donors (Lipinski definition) is 0. The Balaban J connectivity index is 2.08. The van der Waals surface area contributed by atoms with Gasteiger partial charge in [0, 0.05) is 26.4 Å². The molecule has 1 aromatic heterocycles. The van der Waals surface area contributed by atoms with E-state index < -0.39 is 0 Å². The smallest absolute Gasteiger partial charge is 0.128 e. The summed E-state index contributed by atoms with van der Waals surface area (Å²) in [6.07, 6.45) is 4.96. The largest absolute Gasteiger partial charge is 0.379 e. The summed E-state index contributed by atoms with van der Waals surface area (Å²) in [5, 5.41) is 8.69. The van der Waals surface area contributed by atoms with Gasteiger partial charge in [-0.15, -0.1) is 0 Å². The lowest BCUT2D eigenvalue weighted by Crippen LogP contribution is -2.40. The summed E-state index contributed by atoms with van der Waals surface area (Å²) in [6, 6.07) is 5.74. The van der Waals surface area contributed by atoms with Crippen molar-refractivity contribution in [2.45, 2.75) is 12.5 Å². The van der Waals surface area contributed by atoms with Crippen molar-refractivity contribution in [1.82, 2.24) is 4.98 Å². The fourth-order valence-electron chi connectivity index (χ4n) is 1.82. The third kappa shape index (κ3) is 2.31. The molecule has 0 aromatic carbocycles. The second-order valence-electron chi connectivity index (χ2n) is 3.76. The monoisotopic (exact) mass is 216 g/mol. The van der Waals surface area contributed by atoms with Crippen molar-refractivity contribution in [3.63, 3.8) is 0 Å². The van der Waals surface area contributed by atoms with E-state index >= 15 is 0 Å². The number of hydrogen-bond acceptors (Lipinski definition) is 4. The summed E-state index contributed by atoms with van der Waals surface area (Å²) < 4.78 is 5.31. The van der Waals surface area contributed by atoms with Gasteiger partial charge < -0.3 is 9.64 Å². The summed E-state index contributed by atoms with van der Waals surface area (Å²) in [5.41, 5.74) is 0.593. The van der Waals surface area contributed by atoms with E-state index in [9.17, 15) is 0 Å². The molecule has 1 aliphatic heterocycles. The van der Waals surface area contributed by atoms with Crippen LogP contribution < -0.4 is 4.90 Å². The summed E-state index contributed by atoms with van der Waals surface area (Å²) >= 11 is 0. The fourth-order valence-corrected chi connectivity index (χ4v) is 1.82. The number of rotatable bonds is 2. The molecule has 0 N–H and O–H groups in total. The van der Waals surface area contributed by atoms with Gasteiger partial charge in [0.05, 0.1) is 11.7 Å². The molecule has 83 valence electrons. The van der Waals surface area contributed by atoms with E-state index in [4.69, 9.17) is 10.00 Å². The van der Waals surface area contributed by atoms with E-state index in [1.165, 1.54) is 0 Å². The maximum Gasteiger partial charge on any atom is 0.128 e. The third-order valence-corrected chi connectivity index (χ3v) is 2.73. The van der Waals surface area contributed by atoms with E-state index in [1.54, 1.807) is 19.4 Å². The van der Waals surface area contributed by atoms with Gasteiger partial charge in [0.15, 0.2) is 0 Å². The lowest BCUT2D eigenvalue weighted by atomic mass is 10.1. The van der Waals surface area contributed by atoms with Gasteiger partial charge in [0.1, 0.15) is 11.9 Å². The van der Waals surface area contributed by atoms with E-state index in [1.807, 2.05) is 6.07 Å². The zero-order valence-corrected chi connectivity index (χ0v) is 9.26. The number of methoxy groups -OCH3 is 1. The molecule has 0 aliphatic carbocycles. The standard InChI is InChI=1S/C12H14N3O/c1-16-11-3-2-6-15(9-11)12-5-4-10(7-13)8-14-12/h3-5,8,11H,2,6,9H2,1H3. The number of aromatic nitrogens is 1. The Hall–Kier alpha value is -1.60. The van der Waals surface area contributed by atoms with Crippen molar-refractivity contribution in [1.29, 1.82) is 5.26 Å². The number of nitrogens with zero attached hydrogens (tertiary/aromatic N) is 3. The number of piperidine rings is 1. The van der Waals surface area contributed by atoms with Crippen molar-refractivity contribution in [2.75, 3.05) is 25.1 Å². The predicted octanol–water partition coefficient (Wildman–Crippen LogP) is 1.38. The first-order valence-corrected chi connectivity index (χ1v) is 5.30. The summed E-state index contributed by atoms with van der Waals surface area (Å²) in [5.74, 6) is 0.911. The molecule has 1 fully saturated rings. The molecular weight excluding hydrogens is 202 g/mol. The molecule has 1 aliphatic rings. The lowest BCUT2D eigenvalue weighted by Gasteiger charge is -2.32. The minimum Gasteiger partial charge on any atom is -0.379 e. The number of ether oxygens (including phenoxy) is 1. The minimum atomic E-state index is 0.172. The van der Waals surface area contributed by atoms with Gasteiger partial charge in [-0.2, -0.15) is 5.26 Å². The molecule has 0 bridgehead atoms. The Morgan fingerprint density at radius 3 is 3.06 bits per heavy atom. The first-order valence-electron chi connectivity index (χ1n) is 5.30. The molecule has 4 nitrogen and oxygen atoms in total. The van der Waals surface area contributed by atoms with Gasteiger partial charge in [-0.25, -0.2) is 4.98 Å². The molecule has 4 heteroatoms. The normalized spacial score (nSPS) is 20.5. The second kappa shape index (κ2) is 4.95. The van der Waals surface area contributed by atoms with Crippen LogP contribution >= 0.6 is 0 Å². The zero-order chi connectivity index (χ0) is 11.4. The van der Waals surface area contributed by atoms with Crippen LogP contribution in [0.25, 0.3) is 0 Å². The van der Waals surface area contributed by atoms with Crippen molar-refractivity contribution < 1.29 is 4.74 Å². The van der Waals surface area contributed by atoms with Gasteiger partial charge in [0.25, 0.3) is 0 Å².